The van der Waals surface area contributed by atoms with Gasteiger partial charge in [0.15, 0.2) is 0 Å². The van der Waals surface area contributed by atoms with Crippen molar-refractivity contribution >= 4 is 25.8 Å². The lowest BCUT2D eigenvalue weighted by molar-refractivity contribution is -0.144. The molecule has 0 radical (unpaired) electrons. The van der Waals surface area contributed by atoms with Crippen molar-refractivity contribution in [1.82, 2.24) is 0 Å². The summed E-state index contributed by atoms with van der Waals surface area (Å²) in [7, 11) is -0.109. The smallest absolute Gasteiger partial charge is 0.415 e. The third-order valence-corrected chi connectivity index (χ3v) is 8.50. The normalized spacial score (nSPS) is 30.2. The van der Waals surface area contributed by atoms with Gasteiger partial charge in [0, 0.05) is 5.41 Å². The van der Waals surface area contributed by atoms with E-state index in [4.69, 9.17) is 14.2 Å². The molecule has 1 heterocycles. The number of methoxy groups -OCH3 is 1. The largest absolute Gasteiger partial charge is 0.497 e. The van der Waals surface area contributed by atoms with E-state index in [-0.39, 0.29) is 24.9 Å². The fourth-order valence-electron chi connectivity index (χ4n) is 6.34. The van der Waals surface area contributed by atoms with Crippen LogP contribution >= 0.6 is 0 Å². The quantitative estimate of drug-likeness (QED) is 0.353. The van der Waals surface area contributed by atoms with Gasteiger partial charge in [0.05, 0.1) is 31.4 Å². The zero-order valence-electron chi connectivity index (χ0n) is 22.8. The molecule has 0 bridgehead atoms. The number of hydrogen-bond donors (Lipinski definition) is 1. The number of rotatable bonds is 4. The summed E-state index contributed by atoms with van der Waals surface area (Å²) in [6.07, 6.45) is 0.962. The van der Waals surface area contributed by atoms with E-state index in [1.165, 1.54) is 0 Å². The molecule has 196 valence electrons. The average Bonchev–Trinajstić information content (AvgIpc) is 3.21. The second-order valence-electron chi connectivity index (χ2n) is 12.4. The molecule has 1 spiro atoms. The highest BCUT2D eigenvalue weighted by molar-refractivity contribution is 6.83. The molecule has 0 aromatic heterocycles. The van der Waals surface area contributed by atoms with E-state index in [1.54, 1.807) is 18.9 Å². The minimum atomic E-state index is -1.71. The van der Waals surface area contributed by atoms with Crippen molar-refractivity contribution < 1.29 is 28.9 Å². The second kappa shape index (κ2) is 8.52. The minimum Gasteiger partial charge on any atom is -0.497 e. The van der Waals surface area contributed by atoms with Crippen molar-refractivity contribution in [3.63, 3.8) is 0 Å². The number of amides is 1. The molecule has 1 aromatic carbocycles. The molecule has 1 amide bonds. The predicted molar refractivity (Wildman–Crippen MR) is 141 cm³/mol. The van der Waals surface area contributed by atoms with Crippen LogP contribution in [0.5, 0.6) is 5.75 Å². The maximum absolute atomic E-state index is 13.7. The zero-order valence-corrected chi connectivity index (χ0v) is 23.8. The van der Waals surface area contributed by atoms with Crippen molar-refractivity contribution in [3.05, 3.63) is 23.8 Å². The number of carbonyl (C=O) groups is 2. The summed E-state index contributed by atoms with van der Waals surface area (Å²) in [5.74, 6) is 3.36. The van der Waals surface area contributed by atoms with Crippen LogP contribution in [0.15, 0.2) is 18.2 Å². The molecule has 1 aromatic rings. The number of ether oxygens (including phenoxy) is 3. The van der Waals surface area contributed by atoms with Crippen molar-refractivity contribution in [2.45, 2.75) is 95.2 Å². The maximum Gasteiger partial charge on any atom is 0.415 e. The molecule has 1 aliphatic heterocycles. The highest BCUT2D eigenvalue weighted by Gasteiger charge is 2.86. The molecule has 4 atom stereocenters. The number of fused-ring (bicyclic) bond motifs is 3. The molecule has 2 saturated carbocycles. The van der Waals surface area contributed by atoms with Crippen LogP contribution in [0.3, 0.4) is 0 Å². The van der Waals surface area contributed by atoms with Gasteiger partial charge in [-0.05, 0) is 76.6 Å². The molecule has 0 saturated heterocycles. The van der Waals surface area contributed by atoms with Crippen molar-refractivity contribution in [3.8, 4) is 17.2 Å². The van der Waals surface area contributed by atoms with Gasteiger partial charge in [0.1, 0.15) is 25.0 Å². The molecule has 3 aliphatic rings. The zero-order chi connectivity index (χ0) is 26.7. The van der Waals surface area contributed by atoms with E-state index in [0.29, 0.717) is 25.0 Å². The first-order valence-electron chi connectivity index (χ1n) is 12.8. The summed E-state index contributed by atoms with van der Waals surface area (Å²) < 4.78 is 16.8. The third-order valence-electron chi connectivity index (χ3n) is 7.62. The number of anilines is 1. The van der Waals surface area contributed by atoms with Gasteiger partial charge in [-0.2, -0.15) is 0 Å². The Balaban J connectivity index is 1.86. The highest BCUT2D eigenvalue weighted by atomic mass is 28.3. The fraction of sp³-hybridized carbons (Fsp3) is 0.643. The molecule has 4 rings (SSSR count). The standard InChI is InChI=1S/C28H39NO6Si/c1-9-34-23(30)18-27-20-16-19(33-5)10-11-21(20)29(24(31)35-25(2,3)4)28(27)13-12-26(32,17-22(27)28)14-15-36(6,7)8/h10-11,16,22,32H,9,12-13,17-18H2,1-8H3/t22?,26?,27-,28+/m0/s1. The summed E-state index contributed by atoms with van der Waals surface area (Å²) in [6.45, 7) is 14.0. The number of hydrogen-bond acceptors (Lipinski definition) is 6. The Morgan fingerprint density at radius 2 is 1.92 bits per heavy atom. The van der Waals surface area contributed by atoms with Gasteiger partial charge in [0.2, 0.25) is 0 Å². The Labute approximate surface area is 215 Å². The van der Waals surface area contributed by atoms with E-state index in [0.717, 1.165) is 11.3 Å². The van der Waals surface area contributed by atoms with E-state index in [1.807, 2.05) is 39.0 Å². The fourth-order valence-corrected chi connectivity index (χ4v) is 6.95. The van der Waals surface area contributed by atoms with Gasteiger partial charge in [-0.3, -0.25) is 9.69 Å². The van der Waals surface area contributed by atoms with Crippen molar-refractivity contribution in [2.75, 3.05) is 18.6 Å². The first-order chi connectivity index (χ1) is 16.6. The van der Waals surface area contributed by atoms with Gasteiger partial charge in [-0.25, -0.2) is 4.79 Å². The third kappa shape index (κ3) is 4.20. The average molecular weight is 514 g/mol. The van der Waals surface area contributed by atoms with Gasteiger partial charge in [0.25, 0.3) is 0 Å². The molecule has 8 heteroatoms. The number of carbonyl (C=O) groups excluding carboxylic acids is 2. The lowest BCUT2D eigenvalue weighted by Gasteiger charge is -2.38. The van der Waals surface area contributed by atoms with Crippen LogP contribution < -0.4 is 9.64 Å². The van der Waals surface area contributed by atoms with E-state index >= 15 is 0 Å². The molecular formula is C28H39NO6Si. The number of benzene rings is 1. The molecule has 36 heavy (non-hydrogen) atoms. The minimum absolute atomic E-state index is 0.114. The molecule has 2 aliphatic carbocycles. The van der Waals surface area contributed by atoms with Crippen LogP contribution in [0.25, 0.3) is 0 Å². The van der Waals surface area contributed by atoms with E-state index in [9.17, 15) is 14.7 Å². The molecule has 2 unspecified atom stereocenters. The Morgan fingerprint density at radius 3 is 2.50 bits per heavy atom. The Hall–Kier alpha value is -2.50. The molecular weight excluding hydrogens is 474 g/mol. The van der Waals surface area contributed by atoms with Crippen LogP contribution in [0.4, 0.5) is 10.5 Å². The van der Waals surface area contributed by atoms with Crippen molar-refractivity contribution in [1.29, 1.82) is 0 Å². The number of nitrogens with zero attached hydrogens (tertiary/aromatic N) is 1. The molecule has 7 nitrogen and oxygen atoms in total. The monoisotopic (exact) mass is 513 g/mol. The van der Waals surface area contributed by atoms with Gasteiger partial charge in [-0.1, -0.05) is 25.6 Å². The van der Waals surface area contributed by atoms with E-state index in [2.05, 4.69) is 31.1 Å². The summed E-state index contributed by atoms with van der Waals surface area (Å²) in [5.41, 5.74) is 1.68. The lowest BCUT2D eigenvalue weighted by Crippen LogP contribution is -2.50. The second-order valence-corrected chi connectivity index (χ2v) is 17.1. The summed E-state index contributed by atoms with van der Waals surface area (Å²) in [6, 6.07) is 5.61. The SMILES string of the molecule is CCOC(=O)C[C@@]12c3cc(OC)ccc3N(C(=O)OC(C)(C)C)[C@@]13CCC(O)(C#C[Si](C)(C)C)CC23. The van der Waals surface area contributed by atoms with Crippen LogP contribution in [-0.4, -0.2) is 55.7 Å². The predicted octanol–water partition coefficient (Wildman–Crippen LogP) is 4.81. The Kier molecular flexibility index (Phi) is 6.29. The molecule has 1 N–H and O–H groups in total. The Morgan fingerprint density at radius 1 is 1.22 bits per heavy atom. The van der Waals surface area contributed by atoms with Gasteiger partial charge in [-0.15, -0.1) is 5.54 Å². The molecule has 2 fully saturated rings. The summed E-state index contributed by atoms with van der Waals surface area (Å²) in [5, 5.41) is 11.6. The highest BCUT2D eigenvalue weighted by Crippen LogP contribution is 2.79. The van der Waals surface area contributed by atoms with Crippen LogP contribution in [0.2, 0.25) is 19.6 Å². The van der Waals surface area contributed by atoms with Crippen LogP contribution in [-0.2, 0) is 19.7 Å². The number of esters is 1. The summed E-state index contributed by atoms with van der Waals surface area (Å²) >= 11 is 0. The number of aliphatic hydroxyl groups is 1. The summed E-state index contributed by atoms with van der Waals surface area (Å²) in [4.78, 5) is 28.4. The Bertz CT molecular complexity index is 1140. The van der Waals surface area contributed by atoms with Gasteiger partial charge >= 0.3 is 12.1 Å². The topological polar surface area (TPSA) is 85.3 Å². The first-order valence-corrected chi connectivity index (χ1v) is 16.3. The van der Waals surface area contributed by atoms with Crippen LogP contribution in [0, 0.1) is 17.4 Å². The van der Waals surface area contributed by atoms with Crippen LogP contribution in [0.1, 0.15) is 58.9 Å². The lowest BCUT2D eigenvalue weighted by atomic mass is 9.82. The van der Waals surface area contributed by atoms with Gasteiger partial charge < -0.3 is 19.3 Å². The van der Waals surface area contributed by atoms with Crippen molar-refractivity contribution in [2.24, 2.45) is 5.92 Å². The maximum atomic E-state index is 13.7. The van der Waals surface area contributed by atoms with E-state index < -0.39 is 36.3 Å². The first kappa shape index (κ1) is 26.6.